The van der Waals surface area contributed by atoms with E-state index in [1.165, 1.54) is 24.0 Å². The summed E-state index contributed by atoms with van der Waals surface area (Å²) < 4.78 is 5.05. The van der Waals surface area contributed by atoms with Crippen LogP contribution in [0.25, 0.3) is 11.1 Å². The summed E-state index contributed by atoms with van der Waals surface area (Å²) in [4.78, 5) is 13.6. The van der Waals surface area contributed by atoms with Gasteiger partial charge in [0.2, 0.25) is 0 Å². The Balaban J connectivity index is 1.91. The maximum absolute atomic E-state index is 12.5. The highest BCUT2D eigenvalue weighted by Gasteiger charge is 2.24. The minimum absolute atomic E-state index is 0.388. The number of rotatable bonds is 5. The molecule has 2 N–H and O–H groups in total. The Labute approximate surface area is 174 Å². The highest BCUT2D eigenvalue weighted by Crippen LogP contribution is 2.40. The normalized spacial score (nSPS) is 10.4. The molecule has 0 aliphatic rings. The number of aryl methyl sites for hydroxylation is 2. The average molecular weight is 411 g/mol. The Morgan fingerprint density at radius 1 is 1.11 bits per heavy atom. The Morgan fingerprint density at radius 2 is 1.86 bits per heavy atom. The zero-order valence-electron chi connectivity index (χ0n) is 16.0. The number of nitrogens with one attached hydrogen (secondary N) is 2. The van der Waals surface area contributed by atoms with Gasteiger partial charge in [-0.25, -0.2) is 4.79 Å². The first-order chi connectivity index (χ1) is 13.5. The zero-order chi connectivity index (χ0) is 20.1. The number of thiophene rings is 1. The van der Waals surface area contributed by atoms with Gasteiger partial charge in [-0.05, 0) is 48.8 Å². The van der Waals surface area contributed by atoms with Crippen molar-refractivity contribution in [3.8, 4) is 11.1 Å². The molecule has 1 heterocycles. The second-order valence-electron chi connectivity index (χ2n) is 6.23. The van der Waals surface area contributed by atoms with Crippen molar-refractivity contribution in [1.82, 2.24) is 0 Å². The smallest absolute Gasteiger partial charge is 0.341 e. The van der Waals surface area contributed by atoms with Crippen LogP contribution in [0.4, 0.5) is 10.7 Å². The summed E-state index contributed by atoms with van der Waals surface area (Å²) in [6, 6.07) is 17.9. The fraction of sp³-hybridized carbons (Fsp3) is 0.182. The maximum atomic E-state index is 12.5. The number of carbonyl (C=O) groups excluding carboxylic acids is 1. The molecule has 3 aromatic rings. The van der Waals surface area contributed by atoms with Gasteiger partial charge in [-0.1, -0.05) is 49.4 Å². The zero-order valence-corrected chi connectivity index (χ0v) is 17.7. The van der Waals surface area contributed by atoms with E-state index >= 15 is 0 Å². The topological polar surface area (TPSA) is 50.4 Å². The first-order valence-electron chi connectivity index (χ1n) is 8.97. The Kier molecular flexibility index (Phi) is 6.44. The first-order valence-corrected chi connectivity index (χ1v) is 10.2. The molecule has 0 saturated heterocycles. The molecule has 0 amide bonds. The van der Waals surface area contributed by atoms with Gasteiger partial charge < -0.3 is 15.4 Å². The predicted octanol–water partition coefficient (Wildman–Crippen LogP) is 5.88. The number of ether oxygens (including phenoxy) is 1. The van der Waals surface area contributed by atoms with E-state index in [0.29, 0.717) is 15.7 Å². The van der Waals surface area contributed by atoms with E-state index in [2.05, 4.69) is 29.7 Å². The molecule has 0 atom stereocenters. The van der Waals surface area contributed by atoms with Crippen LogP contribution in [-0.4, -0.2) is 18.2 Å². The summed E-state index contributed by atoms with van der Waals surface area (Å²) in [5.41, 5.74) is 4.48. The molecular weight excluding hydrogens is 388 g/mol. The number of carbonyl (C=O) groups is 1. The number of benzene rings is 2. The summed E-state index contributed by atoms with van der Waals surface area (Å²) in [6.45, 7) is 4.10. The number of thiocarbonyl (C=S) groups is 1. The Bertz CT molecular complexity index is 997. The molecule has 0 unspecified atom stereocenters. The lowest BCUT2D eigenvalue weighted by atomic mass is 10.0. The Hall–Kier alpha value is -2.70. The molecule has 28 heavy (non-hydrogen) atoms. The van der Waals surface area contributed by atoms with Gasteiger partial charge >= 0.3 is 5.97 Å². The van der Waals surface area contributed by atoms with Crippen LogP contribution in [0, 0.1) is 6.92 Å². The number of hydrogen-bond acceptors (Lipinski definition) is 4. The molecule has 0 bridgehead atoms. The van der Waals surface area contributed by atoms with E-state index in [-0.39, 0.29) is 5.97 Å². The van der Waals surface area contributed by atoms with E-state index in [9.17, 15) is 4.79 Å². The van der Waals surface area contributed by atoms with E-state index in [1.54, 1.807) is 0 Å². The average Bonchev–Trinajstić information content (AvgIpc) is 3.03. The minimum Gasteiger partial charge on any atom is -0.465 e. The van der Waals surface area contributed by atoms with Crippen molar-refractivity contribution in [2.24, 2.45) is 0 Å². The van der Waals surface area contributed by atoms with Crippen molar-refractivity contribution in [3.63, 3.8) is 0 Å². The number of anilines is 2. The van der Waals surface area contributed by atoms with Crippen molar-refractivity contribution in [3.05, 3.63) is 70.6 Å². The molecule has 3 rings (SSSR count). The molecule has 4 nitrogen and oxygen atoms in total. The largest absolute Gasteiger partial charge is 0.465 e. The van der Waals surface area contributed by atoms with Gasteiger partial charge in [0.1, 0.15) is 10.6 Å². The molecule has 0 saturated carbocycles. The maximum Gasteiger partial charge on any atom is 0.341 e. The lowest BCUT2D eigenvalue weighted by molar-refractivity contribution is 0.0603. The van der Waals surface area contributed by atoms with Crippen LogP contribution < -0.4 is 10.6 Å². The molecule has 6 heteroatoms. The van der Waals surface area contributed by atoms with Gasteiger partial charge in [-0.3, -0.25) is 0 Å². The van der Waals surface area contributed by atoms with Crippen LogP contribution in [0.3, 0.4) is 0 Å². The van der Waals surface area contributed by atoms with Crippen LogP contribution in [0.2, 0.25) is 0 Å². The Morgan fingerprint density at radius 3 is 2.54 bits per heavy atom. The van der Waals surface area contributed by atoms with Gasteiger partial charge in [0.05, 0.1) is 7.11 Å². The van der Waals surface area contributed by atoms with Crippen LogP contribution in [0.15, 0.2) is 54.6 Å². The third kappa shape index (κ3) is 4.40. The summed E-state index contributed by atoms with van der Waals surface area (Å²) in [5, 5.41) is 7.48. The molecule has 0 fully saturated rings. The quantitative estimate of drug-likeness (QED) is 0.406. The number of esters is 1. The summed E-state index contributed by atoms with van der Waals surface area (Å²) >= 11 is 6.97. The lowest BCUT2D eigenvalue weighted by Crippen LogP contribution is -2.20. The van der Waals surface area contributed by atoms with Crippen LogP contribution in [0.1, 0.15) is 27.7 Å². The lowest BCUT2D eigenvalue weighted by Gasteiger charge is -2.12. The van der Waals surface area contributed by atoms with Crippen molar-refractivity contribution in [2.45, 2.75) is 20.3 Å². The molecule has 0 aliphatic heterocycles. The molecule has 0 radical (unpaired) electrons. The van der Waals surface area contributed by atoms with E-state index in [1.807, 2.05) is 49.4 Å². The predicted molar refractivity (Wildman–Crippen MR) is 121 cm³/mol. The fourth-order valence-electron chi connectivity index (χ4n) is 3.02. The van der Waals surface area contributed by atoms with E-state index in [0.717, 1.165) is 28.1 Å². The summed E-state index contributed by atoms with van der Waals surface area (Å²) in [6.07, 6.45) is 0.951. The molecule has 0 aliphatic carbocycles. The standard InChI is InChI=1S/C22H22N2O2S2/c1-4-15-9-8-12-17(13-15)23-22(27)24-20-19(21(25)26-3)18(14(2)28-20)16-10-6-5-7-11-16/h5-13H,4H2,1-3H3,(H2,23,24,27). The summed E-state index contributed by atoms with van der Waals surface area (Å²) in [7, 11) is 1.39. The van der Waals surface area contributed by atoms with Crippen molar-refractivity contribution < 1.29 is 9.53 Å². The van der Waals surface area contributed by atoms with E-state index < -0.39 is 0 Å². The molecular formula is C22H22N2O2S2. The SMILES string of the molecule is CCc1cccc(NC(=S)Nc2sc(C)c(-c3ccccc3)c2C(=O)OC)c1. The van der Waals surface area contributed by atoms with E-state index in [4.69, 9.17) is 17.0 Å². The first kappa shape index (κ1) is 20.0. The van der Waals surface area contributed by atoms with Gasteiger partial charge in [0.25, 0.3) is 0 Å². The molecule has 2 aromatic carbocycles. The highest BCUT2D eigenvalue weighted by molar-refractivity contribution is 7.80. The third-order valence-corrected chi connectivity index (χ3v) is 5.58. The van der Waals surface area contributed by atoms with Crippen molar-refractivity contribution >= 4 is 45.3 Å². The monoisotopic (exact) mass is 410 g/mol. The minimum atomic E-state index is -0.388. The number of methoxy groups -OCH3 is 1. The second kappa shape index (κ2) is 8.99. The fourth-order valence-corrected chi connectivity index (χ4v) is 4.37. The number of hydrogen-bond donors (Lipinski definition) is 2. The van der Waals surface area contributed by atoms with Crippen LogP contribution in [-0.2, 0) is 11.2 Å². The van der Waals surface area contributed by atoms with Crippen molar-refractivity contribution in [1.29, 1.82) is 0 Å². The third-order valence-electron chi connectivity index (χ3n) is 4.36. The molecule has 144 valence electrons. The van der Waals surface area contributed by atoms with Gasteiger partial charge in [0.15, 0.2) is 5.11 Å². The van der Waals surface area contributed by atoms with Gasteiger partial charge in [-0.2, -0.15) is 0 Å². The van der Waals surface area contributed by atoms with Crippen LogP contribution in [0.5, 0.6) is 0 Å². The van der Waals surface area contributed by atoms with Gasteiger partial charge in [-0.15, -0.1) is 11.3 Å². The highest BCUT2D eigenvalue weighted by atomic mass is 32.1. The van der Waals surface area contributed by atoms with Crippen LogP contribution >= 0.6 is 23.6 Å². The summed E-state index contributed by atoms with van der Waals surface area (Å²) in [5.74, 6) is -0.388. The second-order valence-corrected chi connectivity index (χ2v) is 7.86. The van der Waals surface area contributed by atoms with Gasteiger partial charge in [0, 0.05) is 16.1 Å². The molecule has 0 spiro atoms. The van der Waals surface area contributed by atoms with Crippen molar-refractivity contribution in [2.75, 3.05) is 17.7 Å². The molecule has 1 aromatic heterocycles.